The number of rotatable bonds is 9. The molecule has 39 heavy (non-hydrogen) atoms. The van der Waals surface area contributed by atoms with Crippen LogP contribution in [0.5, 0.6) is 5.88 Å². The first kappa shape index (κ1) is 29.1. The maximum absolute atomic E-state index is 14.3. The summed E-state index contributed by atoms with van der Waals surface area (Å²) in [4.78, 5) is 30.4. The number of amides is 1. The number of ether oxygens (including phenoxy) is 2. The van der Waals surface area contributed by atoms with Gasteiger partial charge in [0.15, 0.2) is 11.6 Å². The summed E-state index contributed by atoms with van der Waals surface area (Å²) < 4.78 is 52.6. The molecule has 0 spiro atoms. The molecule has 1 amide bonds. The molecule has 0 atom stereocenters. The van der Waals surface area contributed by atoms with Crippen LogP contribution >= 0.6 is 0 Å². The van der Waals surface area contributed by atoms with Crippen LogP contribution in [0, 0.1) is 17.5 Å². The van der Waals surface area contributed by atoms with Crippen LogP contribution in [-0.2, 0) is 17.7 Å². The monoisotopic (exact) mass is 546 g/mol. The maximum atomic E-state index is 14.3. The quantitative estimate of drug-likeness (QED) is 0.321. The van der Waals surface area contributed by atoms with E-state index in [1.165, 1.54) is 18.1 Å². The van der Waals surface area contributed by atoms with Gasteiger partial charge in [0.05, 0.1) is 36.3 Å². The lowest BCUT2D eigenvalue weighted by molar-refractivity contribution is 0.0235. The third kappa shape index (κ3) is 7.76. The molecule has 0 saturated carbocycles. The van der Waals surface area contributed by atoms with Crippen molar-refractivity contribution in [3.05, 3.63) is 76.7 Å². The molecule has 0 aliphatic rings. The summed E-state index contributed by atoms with van der Waals surface area (Å²) in [6.45, 7) is 4.94. The lowest BCUT2D eigenvalue weighted by Crippen LogP contribution is -2.38. The van der Waals surface area contributed by atoms with Crippen molar-refractivity contribution in [3.63, 3.8) is 0 Å². The number of carbonyl (C=O) groups excluding carboxylic acids is 1. The minimum atomic E-state index is -1.50. The number of methoxy groups -OCH3 is 1. The van der Waals surface area contributed by atoms with Gasteiger partial charge in [-0.3, -0.25) is 0 Å². The molecule has 2 aromatic carbocycles. The Morgan fingerprint density at radius 1 is 1.05 bits per heavy atom. The minimum Gasteiger partial charge on any atom is -0.481 e. The standard InChI is InChI=1S/C27H29F3N4O5/c1-27(2,3)39-26(37)34(10-9-22-20(31)6-8-24(33-22)38-4)14-15-11-16(28)5-7-21(15)32-23-13-19(30)18(29)12-17(23)25(35)36/h5-8,11-13,32H,9-10,14,31H2,1-4H3,(H,35,36). The van der Waals surface area contributed by atoms with E-state index < -0.39 is 40.7 Å². The van der Waals surface area contributed by atoms with Gasteiger partial charge in [-0.1, -0.05) is 0 Å². The Morgan fingerprint density at radius 2 is 1.74 bits per heavy atom. The Hall–Kier alpha value is -4.48. The highest BCUT2D eigenvalue weighted by atomic mass is 19.2. The minimum absolute atomic E-state index is 0.0563. The SMILES string of the molecule is COc1ccc(N)c(CCN(Cc2cc(F)ccc2Nc2cc(F)c(F)cc2C(=O)O)C(=O)OC(C)(C)C)n1. The summed E-state index contributed by atoms with van der Waals surface area (Å²) in [5.74, 6) is -4.41. The van der Waals surface area contributed by atoms with E-state index in [1.807, 2.05) is 0 Å². The molecule has 0 unspecified atom stereocenters. The number of aromatic nitrogens is 1. The van der Waals surface area contributed by atoms with Crippen LogP contribution in [0.3, 0.4) is 0 Å². The average Bonchev–Trinajstić information content (AvgIpc) is 2.84. The lowest BCUT2D eigenvalue weighted by Gasteiger charge is -2.28. The highest BCUT2D eigenvalue weighted by molar-refractivity contribution is 5.95. The van der Waals surface area contributed by atoms with Crippen LogP contribution in [0.4, 0.5) is 35.0 Å². The molecule has 9 nitrogen and oxygen atoms in total. The van der Waals surface area contributed by atoms with E-state index in [0.29, 0.717) is 29.4 Å². The van der Waals surface area contributed by atoms with Crippen LogP contribution in [0.15, 0.2) is 42.5 Å². The first-order chi connectivity index (χ1) is 18.3. The van der Waals surface area contributed by atoms with Gasteiger partial charge in [0.1, 0.15) is 11.4 Å². The maximum Gasteiger partial charge on any atom is 0.410 e. The molecule has 208 valence electrons. The molecule has 1 aromatic heterocycles. The zero-order chi connectivity index (χ0) is 28.9. The third-order valence-corrected chi connectivity index (χ3v) is 5.45. The van der Waals surface area contributed by atoms with Crippen LogP contribution in [0.1, 0.15) is 42.4 Å². The fourth-order valence-corrected chi connectivity index (χ4v) is 3.60. The Balaban J connectivity index is 1.96. The highest BCUT2D eigenvalue weighted by Crippen LogP contribution is 2.28. The van der Waals surface area contributed by atoms with E-state index in [2.05, 4.69) is 10.3 Å². The van der Waals surface area contributed by atoms with Gasteiger partial charge in [-0.05, 0) is 56.7 Å². The van der Waals surface area contributed by atoms with Crippen molar-refractivity contribution in [3.8, 4) is 5.88 Å². The van der Waals surface area contributed by atoms with Gasteiger partial charge < -0.3 is 30.5 Å². The van der Waals surface area contributed by atoms with Gasteiger partial charge in [-0.2, -0.15) is 0 Å². The van der Waals surface area contributed by atoms with Gasteiger partial charge in [-0.15, -0.1) is 0 Å². The average molecular weight is 547 g/mol. The van der Waals surface area contributed by atoms with Crippen molar-refractivity contribution in [1.29, 1.82) is 0 Å². The van der Waals surface area contributed by atoms with Gasteiger partial charge in [0, 0.05) is 30.8 Å². The number of carbonyl (C=O) groups is 2. The first-order valence-electron chi connectivity index (χ1n) is 11.8. The van der Waals surface area contributed by atoms with E-state index in [1.54, 1.807) is 32.9 Å². The number of carboxylic acids is 1. The normalized spacial score (nSPS) is 11.2. The molecule has 0 radical (unpaired) electrons. The Morgan fingerprint density at radius 3 is 2.38 bits per heavy atom. The number of pyridine rings is 1. The molecular formula is C27H29F3N4O5. The van der Waals surface area contributed by atoms with Crippen LogP contribution in [-0.4, -0.2) is 46.3 Å². The Labute approximate surface area is 223 Å². The summed E-state index contributed by atoms with van der Waals surface area (Å²) >= 11 is 0. The topological polar surface area (TPSA) is 127 Å². The number of nitrogen functional groups attached to an aromatic ring is 1. The van der Waals surface area contributed by atoms with E-state index in [4.69, 9.17) is 15.2 Å². The molecule has 1 heterocycles. The smallest absolute Gasteiger partial charge is 0.410 e. The number of nitrogens with zero attached hydrogens (tertiary/aromatic N) is 2. The second-order valence-corrected chi connectivity index (χ2v) is 9.58. The molecule has 0 aliphatic heterocycles. The number of aromatic carboxylic acids is 1. The fraction of sp³-hybridized carbons (Fsp3) is 0.296. The molecule has 0 saturated heterocycles. The van der Waals surface area contributed by atoms with E-state index >= 15 is 0 Å². The summed E-state index contributed by atoms with van der Waals surface area (Å²) in [7, 11) is 1.45. The predicted octanol–water partition coefficient (Wildman–Crippen LogP) is 5.51. The number of nitrogens with one attached hydrogen (secondary N) is 1. The number of anilines is 3. The molecule has 4 N–H and O–H groups in total. The van der Waals surface area contributed by atoms with Gasteiger partial charge in [0.2, 0.25) is 5.88 Å². The zero-order valence-corrected chi connectivity index (χ0v) is 21.8. The van der Waals surface area contributed by atoms with Crippen LogP contribution < -0.4 is 15.8 Å². The molecule has 0 fully saturated rings. The second-order valence-electron chi connectivity index (χ2n) is 9.58. The molecule has 3 aromatic rings. The second kappa shape index (κ2) is 11.9. The summed E-state index contributed by atoms with van der Waals surface area (Å²) in [6, 6.07) is 7.99. The highest BCUT2D eigenvalue weighted by Gasteiger charge is 2.24. The van der Waals surface area contributed by atoms with E-state index in [9.17, 15) is 27.9 Å². The van der Waals surface area contributed by atoms with E-state index in [0.717, 1.165) is 12.1 Å². The van der Waals surface area contributed by atoms with Crippen molar-refractivity contribution >= 4 is 29.1 Å². The van der Waals surface area contributed by atoms with Crippen LogP contribution in [0.25, 0.3) is 0 Å². The largest absolute Gasteiger partial charge is 0.481 e. The van der Waals surface area contributed by atoms with Gasteiger partial charge in [-0.25, -0.2) is 27.7 Å². The first-order valence-corrected chi connectivity index (χ1v) is 11.8. The summed E-state index contributed by atoms with van der Waals surface area (Å²) in [5.41, 5.74) is 5.63. The van der Waals surface area contributed by atoms with Crippen molar-refractivity contribution in [2.45, 2.75) is 39.3 Å². The number of hydrogen-bond donors (Lipinski definition) is 3. The zero-order valence-electron chi connectivity index (χ0n) is 21.8. The predicted molar refractivity (Wildman–Crippen MR) is 139 cm³/mol. The molecule has 0 aliphatic carbocycles. The van der Waals surface area contributed by atoms with E-state index in [-0.39, 0.29) is 36.4 Å². The van der Waals surface area contributed by atoms with Crippen molar-refractivity contribution in [2.24, 2.45) is 0 Å². The summed E-state index contributed by atoms with van der Waals surface area (Å²) in [5, 5.41) is 12.2. The number of nitrogens with two attached hydrogens (primary N) is 1. The number of carboxylic acid groups (broad SMARTS) is 1. The van der Waals surface area contributed by atoms with Crippen molar-refractivity contribution < 1.29 is 37.3 Å². The van der Waals surface area contributed by atoms with Gasteiger partial charge >= 0.3 is 12.1 Å². The fourth-order valence-electron chi connectivity index (χ4n) is 3.60. The number of hydrogen-bond acceptors (Lipinski definition) is 7. The Kier molecular flexibility index (Phi) is 8.89. The molecule has 3 rings (SSSR count). The molecule has 12 heteroatoms. The molecular weight excluding hydrogens is 517 g/mol. The van der Waals surface area contributed by atoms with Crippen molar-refractivity contribution in [2.75, 3.05) is 24.7 Å². The van der Waals surface area contributed by atoms with Gasteiger partial charge in [0.25, 0.3) is 0 Å². The summed E-state index contributed by atoms with van der Waals surface area (Å²) in [6.07, 6.45) is -0.509. The van der Waals surface area contributed by atoms with Crippen molar-refractivity contribution in [1.82, 2.24) is 9.88 Å². The number of halogens is 3. The Bertz CT molecular complexity index is 1380. The van der Waals surface area contributed by atoms with Crippen LogP contribution in [0.2, 0.25) is 0 Å². The third-order valence-electron chi connectivity index (χ3n) is 5.45. The molecule has 0 bridgehead atoms. The lowest BCUT2D eigenvalue weighted by atomic mass is 10.1. The number of benzene rings is 2.